The van der Waals surface area contributed by atoms with Gasteiger partial charge in [0, 0.05) is 13.1 Å². The zero-order chi connectivity index (χ0) is 20.9. The van der Waals surface area contributed by atoms with Crippen molar-refractivity contribution in [3.8, 4) is 17.2 Å². The molecule has 1 atom stereocenters. The number of amides is 2. The highest BCUT2D eigenvalue weighted by molar-refractivity contribution is 5.98. The van der Waals surface area contributed by atoms with Crippen molar-refractivity contribution < 1.29 is 23.8 Å². The summed E-state index contributed by atoms with van der Waals surface area (Å²) in [5.41, 5.74) is 0.656. The van der Waals surface area contributed by atoms with Crippen molar-refractivity contribution >= 4 is 17.5 Å². The van der Waals surface area contributed by atoms with Crippen molar-refractivity contribution in [2.24, 2.45) is 0 Å². The fraction of sp³-hybridized carbons (Fsp3) is 0.391. The van der Waals surface area contributed by atoms with Crippen LogP contribution in [0.2, 0.25) is 0 Å². The number of para-hydroxylation sites is 2. The average Bonchev–Trinajstić information content (AvgIpc) is 2.82. The molecule has 2 aliphatic rings. The number of anilines is 1. The SMILES string of the molecule is COc1ccc(OCC(=O)N2C[C@H](C(=O)N3CCCCC3)Oc3ccccc32)cc1. The minimum atomic E-state index is -0.706. The molecule has 0 radical (unpaired) electrons. The van der Waals surface area contributed by atoms with E-state index in [1.807, 2.05) is 23.1 Å². The number of fused-ring (bicyclic) bond motifs is 1. The quantitative estimate of drug-likeness (QED) is 0.758. The maximum atomic E-state index is 13.0. The molecule has 0 N–H and O–H groups in total. The number of likely N-dealkylation sites (tertiary alicyclic amines) is 1. The third-order valence-electron chi connectivity index (χ3n) is 5.44. The first-order valence-corrected chi connectivity index (χ1v) is 10.3. The first-order chi connectivity index (χ1) is 14.7. The van der Waals surface area contributed by atoms with Gasteiger partial charge in [-0.1, -0.05) is 12.1 Å². The molecule has 7 nitrogen and oxygen atoms in total. The van der Waals surface area contributed by atoms with E-state index in [2.05, 4.69) is 0 Å². The lowest BCUT2D eigenvalue weighted by Crippen LogP contribution is -2.53. The van der Waals surface area contributed by atoms with Crippen LogP contribution in [-0.4, -0.2) is 56.2 Å². The van der Waals surface area contributed by atoms with Crippen molar-refractivity contribution in [2.45, 2.75) is 25.4 Å². The summed E-state index contributed by atoms with van der Waals surface area (Å²) in [4.78, 5) is 29.4. The zero-order valence-corrected chi connectivity index (χ0v) is 17.1. The van der Waals surface area contributed by atoms with Crippen LogP contribution < -0.4 is 19.1 Å². The van der Waals surface area contributed by atoms with Crippen LogP contribution in [0.25, 0.3) is 0 Å². The number of methoxy groups -OCH3 is 1. The summed E-state index contributed by atoms with van der Waals surface area (Å²) in [6.07, 6.45) is 2.45. The van der Waals surface area contributed by atoms with Crippen LogP contribution in [-0.2, 0) is 9.59 Å². The van der Waals surface area contributed by atoms with Crippen molar-refractivity contribution in [1.82, 2.24) is 4.90 Å². The molecular weight excluding hydrogens is 384 g/mol. The summed E-state index contributed by atoms with van der Waals surface area (Å²) in [6, 6.07) is 14.3. The van der Waals surface area contributed by atoms with Gasteiger partial charge in [-0.3, -0.25) is 9.59 Å². The largest absolute Gasteiger partial charge is 0.497 e. The number of piperidine rings is 1. The monoisotopic (exact) mass is 410 g/mol. The molecule has 2 heterocycles. The Morgan fingerprint density at radius 3 is 2.43 bits per heavy atom. The Morgan fingerprint density at radius 2 is 1.70 bits per heavy atom. The highest BCUT2D eigenvalue weighted by Crippen LogP contribution is 2.34. The highest BCUT2D eigenvalue weighted by Gasteiger charge is 2.36. The molecule has 2 aromatic carbocycles. The molecule has 4 rings (SSSR count). The van der Waals surface area contributed by atoms with Gasteiger partial charge in [-0.2, -0.15) is 0 Å². The molecule has 0 spiro atoms. The number of nitrogens with zero attached hydrogens (tertiary/aromatic N) is 2. The number of hydrogen-bond donors (Lipinski definition) is 0. The van der Waals surface area contributed by atoms with Crippen LogP contribution in [0, 0.1) is 0 Å². The van der Waals surface area contributed by atoms with Gasteiger partial charge < -0.3 is 24.0 Å². The lowest BCUT2D eigenvalue weighted by Gasteiger charge is -2.37. The van der Waals surface area contributed by atoms with Gasteiger partial charge in [-0.05, 0) is 55.7 Å². The molecule has 2 amide bonds. The van der Waals surface area contributed by atoms with E-state index in [1.54, 1.807) is 42.3 Å². The number of ether oxygens (including phenoxy) is 3. The average molecular weight is 410 g/mol. The predicted octanol–water partition coefficient (Wildman–Crippen LogP) is 2.88. The Labute approximate surface area is 176 Å². The Bertz CT molecular complexity index is 893. The fourth-order valence-corrected chi connectivity index (χ4v) is 3.81. The van der Waals surface area contributed by atoms with E-state index in [-0.39, 0.29) is 25.0 Å². The van der Waals surface area contributed by atoms with Crippen molar-refractivity contribution in [2.75, 3.05) is 38.3 Å². The number of rotatable bonds is 5. The highest BCUT2D eigenvalue weighted by atomic mass is 16.5. The van der Waals surface area contributed by atoms with E-state index >= 15 is 0 Å². The maximum Gasteiger partial charge on any atom is 0.265 e. The van der Waals surface area contributed by atoms with Crippen LogP contribution >= 0.6 is 0 Å². The van der Waals surface area contributed by atoms with Crippen LogP contribution in [0.3, 0.4) is 0 Å². The van der Waals surface area contributed by atoms with Gasteiger partial charge in [0.1, 0.15) is 17.2 Å². The normalized spacial score (nSPS) is 18.2. The van der Waals surface area contributed by atoms with Gasteiger partial charge in [-0.15, -0.1) is 0 Å². The molecule has 1 fully saturated rings. The number of hydrogen-bond acceptors (Lipinski definition) is 5. The molecule has 158 valence electrons. The van der Waals surface area contributed by atoms with Gasteiger partial charge in [0.2, 0.25) is 0 Å². The number of benzene rings is 2. The van der Waals surface area contributed by atoms with Gasteiger partial charge in [0.15, 0.2) is 12.7 Å². The lowest BCUT2D eigenvalue weighted by atomic mass is 10.1. The molecule has 1 saturated heterocycles. The second-order valence-corrected chi connectivity index (χ2v) is 7.43. The molecule has 30 heavy (non-hydrogen) atoms. The second kappa shape index (κ2) is 9.07. The van der Waals surface area contributed by atoms with Gasteiger partial charge in [0.05, 0.1) is 19.3 Å². The van der Waals surface area contributed by atoms with Crippen molar-refractivity contribution in [1.29, 1.82) is 0 Å². The Morgan fingerprint density at radius 1 is 1.00 bits per heavy atom. The molecule has 0 bridgehead atoms. The Balaban J connectivity index is 1.47. The first kappa shape index (κ1) is 20.1. The summed E-state index contributed by atoms with van der Waals surface area (Å²) in [6.45, 7) is 1.53. The van der Waals surface area contributed by atoms with Gasteiger partial charge in [-0.25, -0.2) is 0 Å². The smallest absolute Gasteiger partial charge is 0.265 e. The van der Waals surface area contributed by atoms with E-state index < -0.39 is 6.10 Å². The Hall–Kier alpha value is -3.22. The predicted molar refractivity (Wildman–Crippen MR) is 112 cm³/mol. The fourth-order valence-electron chi connectivity index (χ4n) is 3.81. The van der Waals surface area contributed by atoms with Crippen LogP contribution in [0.4, 0.5) is 5.69 Å². The van der Waals surface area contributed by atoms with E-state index in [1.165, 1.54) is 0 Å². The van der Waals surface area contributed by atoms with E-state index in [4.69, 9.17) is 14.2 Å². The summed E-state index contributed by atoms with van der Waals surface area (Å²) in [5.74, 6) is 1.55. The summed E-state index contributed by atoms with van der Waals surface area (Å²) in [5, 5.41) is 0. The topological polar surface area (TPSA) is 68.3 Å². The summed E-state index contributed by atoms with van der Waals surface area (Å²) >= 11 is 0. The molecule has 0 aromatic heterocycles. The van der Waals surface area contributed by atoms with Gasteiger partial charge in [0.25, 0.3) is 11.8 Å². The van der Waals surface area contributed by atoms with Crippen molar-refractivity contribution in [3.05, 3.63) is 48.5 Å². The first-order valence-electron chi connectivity index (χ1n) is 10.3. The molecule has 0 saturated carbocycles. The summed E-state index contributed by atoms with van der Waals surface area (Å²) < 4.78 is 16.8. The van der Waals surface area contributed by atoms with E-state index in [0.29, 0.717) is 17.2 Å². The minimum Gasteiger partial charge on any atom is -0.497 e. The number of carbonyl (C=O) groups is 2. The number of carbonyl (C=O) groups excluding carboxylic acids is 2. The van der Waals surface area contributed by atoms with E-state index in [0.717, 1.165) is 38.1 Å². The second-order valence-electron chi connectivity index (χ2n) is 7.43. The Kier molecular flexibility index (Phi) is 6.07. The van der Waals surface area contributed by atoms with Crippen molar-refractivity contribution in [3.63, 3.8) is 0 Å². The molecule has 2 aliphatic heterocycles. The van der Waals surface area contributed by atoms with Crippen LogP contribution in [0.15, 0.2) is 48.5 Å². The van der Waals surface area contributed by atoms with Crippen LogP contribution in [0.1, 0.15) is 19.3 Å². The third kappa shape index (κ3) is 4.35. The maximum absolute atomic E-state index is 13.0. The molecule has 0 aliphatic carbocycles. The molecule has 2 aromatic rings. The lowest BCUT2D eigenvalue weighted by molar-refractivity contribution is -0.139. The zero-order valence-electron chi connectivity index (χ0n) is 17.1. The molecular formula is C23H26N2O5. The minimum absolute atomic E-state index is 0.0573. The molecule has 0 unspecified atom stereocenters. The standard InChI is InChI=1S/C23H26N2O5/c1-28-17-9-11-18(12-10-17)29-16-22(26)25-15-21(23(27)24-13-5-2-6-14-24)30-20-8-4-3-7-19(20)25/h3-4,7-12,21H,2,5-6,13-16H2,1H3/t21-/m1/s1. The molecule has 7 heteroatoms. The third-order valence-corrected chi connectivity index (χ3v) is 5.44. The van der Waals surface area contributed by atoms with Gasteiger partial charge >= 0.3 is 0 Å². The summed E-state index contributed by atoms with van der Waals surface area (Å²) in [7, 11) is 1.59. The van der Waals surface area contributed by atoms with Crippen LogP contribution in [0.5, 0.6) is 17.2 Å². The van der Waals surface area contributed by atoms with E-state index in [9.17, 15) is 9.59 Å².